The number of carbonyl (C=O) groups excluding carboxylic acids is 1. The van der Waals surface area contributed by atoms with Crippen molar-refractivity contribution < 1.29 is 14.3 Å². The molecule has 2 rings (SSSR count). The maximum Gasteiger partial charge on any atom is 0.312 e. The van der Waals surface area contributed by atoms with Crippen LogP contribution in [0.25, 0.3) is 0 Å². The first kappa shape index (κ1) is 14.6. The van der Waals surface area contributed by atoms with E-state index in [0.717, 1.165) is 12.8 Å². The second kappa shape index (κ2) is 6.08. The van der Waals surface area contributed by atoms with Crippen molar-refractivity contribution in [2.24, 2.45) is 23.7 Å². The van der Waals surface area contributed by atoms with Crippen LogP contribution in [0.1, 0.15) is 40.0 Å². The second-order valence-corrected chi connectivity index (χ2v) is 6.58. The minimum absolute atomic E-state index is 0.0233. The van der Waals surface area contributed by atoms with Crippen LogP contribution >= 0.6 is 0 Å². The average Bonchev–Trinajstić information content (AvgIpc) is 2.49. The molecule has 1 aliphatic heterocycles. The van der Waals surface area contributed by atoms with E-state index in [1.54, 1.807) is 7.11 Å². The highest BCUT2D eigenvalue weighted by molar-refractivity contribution is 5.75. The van der Waals surface area contributed by atoms with Gasteiger partial charge in [-0.15, -0.1) is 0 Å². The molecule has 1 heterocycles. The van der Waals surface area contributed by atoms with E-state index in [2.05, 4.69) is 26.8 Å². The summed E-state index contributed by atoms with van der Waals surface area (Å²) in [5.74, 6) is 1.51. The largest absolute Gasteiger partial charge is 0.458 e. The van der Waals surface area contributed by atoms with Gasteiger partial charge in [-0.1, -0.05) is 19.4 Å². The van der Waals surface area contributed by atoms with Crippen LogP contribution < -0.4 is 0 Å². The zero-order chi connectivity index (χ0) is 14.0. The van der Waals surface area contributed by atoms with Gasteiger partial charge in [-0.05, 0) is 44.1 Å². The highest BCUT2D eigenvalue weighted by Crippen LogP contribution is 2.40. The van der Waals surface area contributed by atoms with Crippen LogP contribution in [-0.2, 0) is 14.3 Å². The number of esters is 1. The number of hydrogen-bond donors (Lipinski definition) is 0. The third-order valence-corrected chi connectivity index (χ3v) is 4.31. The smallest absolute Gasteiger partial charge is 0.312 e. The second-order valence-electron chi connectivity index (χ2n) is 6.58. The molecule has 3 nitrogen and oxygen atoms in total. The van der Waals surface area contributed by atoms with Crippen molar-refractivity contribution >= 4 is 5.97 Å². The molecule has 2 aliphatic rings. The third kappa shape index (κ3) is 3.38. The Morgan fingerprint density at radius 2 is 2.21 bits per heavy atom. The van der Waals surface area contributed by atoms with Gasteiger partial charge < -0.3 is 9.47 Å². The zero-order valence-electron chi connectivity index (χ0n) is 12.5. The Hall–Kier alpha value is -0.830. The normalized spacial score (nSPS) is 34.8. The van der Waals surface area contributed by atoms with Crippen LogP contribution in [0.4, 0.5) is 0 Å². The number of carbonyl (C=O) groups is 1. The predicted octanol–water partition coefficient (Wildman–Crippen LogP) is 3.19. The molecule has 1 saturated heterocycles. The van der Waals surface area contributed by atoms with E-state index in [4.69, 9.17) is 9.47 Å². The Kier molecular flexibility index (Phi) is 4.67. The minimum Gasteiger partial charge on any atom is -0.458 e. The molecule has 1 aliphatic carbocycles. The van der Waals surface area contributed by atoms with Gasteiger partial charge in [0.1, 0.15) is 6.10 Å². The van der Waals surface area contributed by atoms with Crippen molar-refractivity contribution in [1.82, 2.24) is 0 Å². The van der Waals surface area contributed by atoms with Gasteiger partial charge in [-0.25, -0.2) is 0 Å². The van der Waals surface area contributed by atoms with Crippen molar-refractivity contribution in [3.63, 3.8) is 0 Å². The molecular weight excluding hydrogens is 240 g/mol. The van der Waals surface area contributed by atoms with Gasteiger partial charge in [0.05, 0.1) is 12.5 Å². The first-order chi connectivity index (χ1) is 9.01. The number of allylic oxidation sites excluding steroid dienone is 1. The summed E-state index contributed by atoms with van der Waals surface area (Å²) in [4.78, 5) is 11.9. The van der Waals surface area contributed by atoms with Crippen LogP contribution in [0.15, 0.2) is 11.6 Å². The monoisotopic (exact) mass is 266 g/mol. The number of ether oxygens (including phenoxy) is 2. The summed E-state index contributed by atoms with van der Waals surface area (Å²) >= 11 is 0. The fourth-order valence-electron chi connectivity index (χ4n) is 3.66. The van der Waals surface area contributed by atoms with Crippen LogP contribution in [0, 0.1) is 23.7 Å². The Bertz CT molecular complexity index is 359. The van der Waals surface area contributed by atoms with E-state index >= 15 is 0 Å². The molecule has 108 valence electrons. The maximum absolute atomic E-state index is 11.9. The molecule has 4 atom stereocenters. The van der Waals surface area contributed by atoms with Crippen LogP contribution in [0.5, 0.6) is 0 Å². The number of fused-ring (bicyclic) bond motifs is 1. The van der Waals surface area contributed by atoms with Gasteiger partial charge in [-0.3, -0.25) is 4.79 Å². The lowest BCUT2D eigenvalue weighted by Crippen LogP contribution is -2.25. The Labute approximate surface area is 116 Å². The number of rotatable bonds is 4. The summed E-state index contributed by atoms with van der Waals surface area (Å²) in [6, 6.07) is 0. The molecule has 1 fully saturated rings. The Balaban J connectivity index is 2.15. The zero-order valence-corrected chi connectivity index (χ0v) is 12.5. The summed E-state index contributed by atoms with van der Waals surface area (Å²) in [6.45, 7) is 7.18. The first-order valence-corrected chi connectivity index (χ1v) is 7.38. The van der Waals surface area contributed by atoms with Crippen molar-refractivity contribution in [1.29, 1.82) is 0 Å². The Morgan fingerprint density at radius 1 is 1.47 bits per heavy atom. The van der Waals surface area contributed by atoms with Crippen molar-refractivity contribution in [2.75, 3.05) is 13.7 Å². The fraction of sp³-hybridized carbons (Fsp3) is 0.812. The quantitative estimate of drug-likeness (QED) is 0.579. The molecule has 4 unspecified atom stereocenters. The van der Waals surface area contributed by atoms with E-state index < -0.39 is 0 Å². The van der Waals surface area contributed by atoms with E-state index in [9.17, 15) is 4.79 Å². The standard InChI is InChI=1S/C16H26O3/c1-10(2)5-12-6-11(3)7-15-13(8-12)14(9-18-4)16(17)19-15/h7,10,12-15H,5-6,8-9H2,1-4H3. The fourth-order valence-corrected chi connectivity index (χ4v) is 3.66. The number of hydrogen-bond acceptors (Lipinski definition) is 3. The molecule has 0 saturated carbocycles. The number of methoxy groups -OCH3 is 1. The van der Waals surface area contributed by atoms with Gasteiger partial charge in [0.25, 0.3) is 0 Å². The summed E-state index contributed by atoms with van der Waals surface area (Å²) < 4.78 is 10.7. The molecule has 0 amide bonds. The van der Waals surface area contributed by atoms with Gasteiger partial charge in [-0.2, -0.15) is 0 Å². The molecule has 0 aromatic carbocycles. The van der Waals surface area contributed by atoms with E-state index in [-0.39, 0.29) is 18.0 Å². The third-order valence-electron chi connectivity index (χ3n) is 4.31. The highest BCUT2D eigenvalue weighted by Gasteiger charge is 2.45. The van der Waals surface area contributed by atoms with Gasteiger partial charge in [0, 0.05) is 13.0 Å². The average molecular weight is 266 g/mol. The molecule has 19 heavy (non-hydrogen) atoms. The molecular formula is C16H26O3. The van der Waals surface area contributed by atoms with Crippen molar-refractivity contribution in [3.05, 3.63) is 11.6 Å². The van der Waals surface area contributed by atoms with Crippen LogP contribution in [-0.4, -0.2) is 25.8 Å². The summed E-state index contributed by atoms with van der Waals surface area (Å²) in [7, 11) is 1.66. The van der Waals surface area contributed by atoms with Crippen molar-refractivity contribution in [2.45, 2.75) is 46.1 Å². The summed E-state index contributed by atoms with van der Waals surface area (Å²) in [6.07, 6.45) is 5.59. The molecule has 3 heteroatoms. The molecule has 0 aromatic rings. The molecule has 0 radical (unpaired) electrons. The van der Waals surface area contributed by atoms with E-state index in [0.29, 0.717) is 24.4 Å². The van der Waals surface area contributed by atoms with E-state index in [1.807, 2.05) is 0 Å². The Morgan fingerprint density at radius 3 is 2.84 bits per heavy atom. The van der Waals surface area contributed by atoms with Crippen LogP contribution in [0.3, 0.4) is 0 Å². The molecule has 0 spiro atoms. The predicted molar refractivity (Wildman–Crippen MR) is 74.7 cm³/mol. The van der Waals surface area contributed by atoms with Gasteiger partial charge in [0.2, 0.25) is 0 Å². The summed E-state index contributed by atoms with van der Waals surface area (Å²) in [5, 5.41) is 0. The molecule has 0 bridgehead atoms. The molecule has 0 aromatic heterocycles. The topological polar surface area (TPSA) is 35.5 Å². The highest BCUT2D eigenvalue weighted by atomic mass is 16.6. The lowest BCUT2D eigenvalue weighted by Gasteiger charge is -2.23. The lowest BCUT2D eigenvalue weighted by atomic mass is 9.81. The summed E-state index contributed by atoms with van der Waals surface area (Å²) in [5.41, 5.74) is 1.36. The molecule has 0 N–H and O–H groups in total. The first-order valence-electron chi connectivity index (χ1n) is 7.38. The SMILES string of the molecule is COCC1C(=O)OC2C=C(C)CC(CC(C)C)CC21. The van der Waals surface area contributed by atoms with Crippen molar-refractivity contribution in [3.8, 4) is 0 Å². The lowest BCUT2D eigenvalue weighted by molar-refractivity contribution is -0.144. The van der Waals surface area contributed by atoms with E-state index in [1.165, 1.54) is 12.0 Å². The maximum atomic E-state index is 11.9. The van der Waals surface area contributed by atoms with Crippen LogP contribution in [0.2, 0.25) is 0 Å². The minimum atomic E-state index is -0.0777. The van der Waals surface area contributed by atoms with Gasteiger partial charge >= 0.3 is 5.97 Å². The van der Waals surface area contributed by atoms with Gasteiger partial charge in [0.15, 0.2) is 0 Å².